The predicted molar refractivity (Wildman–Crippen MR) is 199 cm³/mol. The van der Waals surface area contributed by atoms with Gasteiger partial charge in [0.05, 0.1) is 38.9 Å². The van der Waals surface area contributed by atoms with Crippen LogP contribution in [0.15, 0.2) is 90.5 Å². The van der Waals surface area contributed by atoms with Gasteiger partial charge in [0.25, 0.3) is 11.8 Å². The number of phenolic OH excluding ortho intramolecular Hbond substituents is 1. The number of nitrogens with zero attached hydrogens (tertiary/aromatic N) is 4. The van der Waals surface area contributed by atoms with Crippen molar-refractivity contribution in [3.05, 3.63) is 123 Å². The Bertz CT molecular complexity index is 2400. The molecular weight excluding hydrogens is 791 g/mol. The number of amides is 4. The van der Waals surface area contributed by atoms with Gasteiger partial charge in [-0.1, -0.05) is 71.2 Å². The Morgan fingerprint density at radius 1 is 0.930 bits per heavy atom. The summed E-state index contributed by atoms with van der Waals surface area (Å²) in [6, 6.07) is 19.1. The number of hydrazine groups is 1. The molecule has 3 aromatic carbocycles. The van der Waals surface area contributed by atoms with Crippen LogP contribution in [0.3, 0.4) is 0 Å². The van der Waals surface area contributed by atoms with Crippen LogP contribution in [0.5, 0.6) is 11.5 Å². The van der Waals surface area contributed by atoms with Gasteiger partial charge in [-0.25, -0.2) is 14.3 Å². The minimum atomic E-state index is -4.84. The van der Waals surface area contributed by atoms with E-state index >= 15 is 0 Å². The molecule has 1 aromatic heterocycles. The van der Waals surface area contributed by atoms with Gasteiger partial charge in [-0.3, -0.25) is 24.2 Å². The molecule has 6 atom stereocenters. The Morgan fingerprint density at radius 2 is 1.67 bits per heavy atom. The number of pyridine rings is 1. The van der Waals surface area contributed by atoms with Crippen molar-refractivity contribution in [3.8, 4) is 11.5 Å². The fourth-order valence-electron chi connectivity index (χ4n) is 9.02. The fraction of sp³-hybridized carbons (Fsp3) is 0.293. The molecule has 0 spiro atoms. The van der Waals surface area contributed by atoms with Crippen LogP contribution in [0.25, 0.3) is 0 Å². The van der Waals surface area contributed by atoms with E-state index < -0.39 is 82.1 Å². The summed E-state index contributed by atoms with van der Waals surface area (Å²) in [5.41, 5.74) is -1.14. The van der Waals surface area contributed by atoms with Gasteiger partial charge < -0.3 is 9.84 Å². The Morgan fingerprint density at radius 3 is 2.35 bits per heavy atom. The molecule has 8 rings (SSSR count). The summed E-state index contributed by atoms with van der Waals surface area (Å²) in [6.45, 7) is 1.81. The number of aromatic nitrogens is 1. The second-order valence-corrected chi connectivity index (χ2v) is 15.6. The van der Waals surface area contributed by atoms with Gasteiger partial charge in [0.1, 0.15) is 29.6 Å². The van der Waals surface area contributed by atoms with Gasteiger partial charge in [-0.15, -0.1) is 0 Å². The highest BCUT2D eigenvalue weighted by Crippen LogP contribution is 2.64. The molecular formula is C41H32Cl2F4N4O6. The number of ether oxygens (including phenoxy) is 1. The zero-order valence-corrected chi connectivity index (χ0v) is 31.6. The van der Waals surface area contributed by atoms with Gasteiger partial charge in [-0.2, -0.15) is 18.2 Å². The number of carbonyl (C=O) groups is 4. The predicted octanol–water partition coefficient (Wildman–Crippen LogP) is 8.11. The maximum absolute atomic E-state index is 14.7. The molecule has 57 heavy (non-hydrogen) atoms. The van der Waals surface area contributed by atoms with Crippen LogP contribution in [0.1, 0.15) is 42.5 Å². The number of imide groups is 2. The summed E-state index contributed by atoms with van der Waals surface area (Å²) in [5.74, 6) is -8.97. The maximum Gasteiger partial charge on any atom is 0.433 e. The van der Waals surface area contributed by atoms with Crippen LogP contribution < -0.4 is 14.6 Å². The first-order chi connectivity index (χ1) is 27.0. The lowest BCUT2D eigenvalue weighted by atomic mass is 9.51. The van der Waals surface area contributed by atoms with Crippen LogP contribution in [-0.2, 0) is 32.0 Å². The monoisotopic (exact) mass is 822 g/mol. The van der Waals surface area contributed by atoms with E-state index in [4.69, 9.17) is 27.9 Å². The van der Waals surface area contributed by atoms with Crippen molar-refractivity contribution in [1.82, 2.24) is 9.99 Å². The van der Waals surface area contributed by atoms with Crippen molar-refractivity contribution in [2.24, 2.45) is 29.1 Å². The van der Waals surface area contributed by atoms with E-state index in [9.17, 15) is 41.8 Å². The van der Waals surface area contributed by atoms with E-state index in [-0.39, 0.29) is 46.5 Å². The van der Waals surface area contributed by atoms with Crippen LogP contribution in [0.2, 0.25) is 10.0 Å². The number of rotatable bonds is 7. The minimum Gasteiger partial charge on any atom is -0.508 e. The van der Waals surface area contributed by atoms with Gasteiger partial charge in [0.15, 0.2) is 5.82 Å². The zero-order valence-electron chi connectivity index (χ0n) is 30.1. The molecule has 0 unspecified atom stereocenters. The number of hydrogen-bond donors (Lipinski definition) is 1. The number of anilines is 2. The smallest absolute Gasteiger partial charge is 0.433 e. The van der Waals surface area contributed by atoms with E-state index in [1.165, 1.54) is 25.2 Å². The van der Waals surface area contributed by atoms with E-state index in [1.54, 1.807) is 25.1 Å². The molecule has 3 fully saturated rings. The number of halogens is 6. The van der Waals surface area contributed by atoms with Crippen molar-refractivity contribution in [3.63, 3.8) is 0 Å². The van der Waals surface area contributed by atoms with E-state index in [0.29, 0.717) is 17.4 Å². The highest BCUT2D eigenvalue weighted by atomic mass is 35.5. The molecule has 3 heterocycles. The average molecular weight is 824 g/mol. The standard InChI is InChI=1S/C41H32Cl2F4N4O6/c1-40-27(37(54)50(39(40)56)21-8-14-30(44)29(43)16-21)18-26-23(34(40)24-10-9-22(17-31(24)52)57-19-20-6-4-3-5-7-20)11-12-25-33(26)38(55)51(36(25)53)49(2)35-28(42)13-15-32(48-35)41(45,46)47/h3-11,13-17,25-27,33-34,52H,12,18-19H2,1-2H3/t25-,26+,27-,33-,34+,40+/m0/s1. The van der Waals surface area contributed by atoms with Gasteiger partial charge >= 0.3 is 6.18 Å². The molecule has 2 aliphatic carbocycles. The first-order valence-electron chi connectivity index (χ1n) is 17.9. The first-order valence-corrected chi connectivity index (χ1v) is 18.7. The van der Waals surface area contributed by atoms with Crippen LogP contribution >= 0.6 is 23.2 Å². The number of fused-ring (bicyclic) bond motifs is 4. The van der Waals surface area contributed by atoms with Crippen molar-refractivity contribution >= 4 is 58.3 Å². The molecule has 0 radical (unpaired) electrons. The lowest BCUT2D eigenvalue weighted by Crippen LogP contribution is -2.49. The van der Waals surface area contributed by atoms with E-state index in [0.717, 1.165) is 32.6 Å². The quantitative estimate of drug-likeness (QED) is 0.113. The van der Waals surface area contributed by atoms with E-state index in [1.807, 2.05) is 30.3 Å². The van der Waals surface area contributed by atoms with Crippen molar-refractivity contribution in [2.75, 3.05) is 17.0 Å². The number of phenols is 1. The van der Waals surface area contributed by atoms with Gasteiger partial charge in [-0.05, 0) is 67.6 Å². The molecule has 2 saturated heterocycles. The van der Waals surface area contributed by atoms with E-state index in [2.05, 4.69) is 4.98 Å². The molecule has 4 amide bonds. The van der Waals surface area contributed by atoms with Crippen LogP contribution in [-0.4, -0.2) is 45.8 Å². The highest BCUT2D eigenvalue weighted by molar-refractivity contribution is 6.33. The average Bonchev–Trinajstić information content (AvgIpc) is 3.54. The maximum atomic E-state index is 14.7. The lowest BCUT2D eigenvalue weighted by molar-refractivity contribution is -0.141. The molecule has 16 heteroatoms. The summed E-state index contributed by atoms with van der Waals surface area (Å²) in [6.07, 6.45) is -3.17. The molecule has 4 aliphatic rings. The first kappa shape index (κ1) is 38.4. The zero-order chi connectivity index (χ0) is 40.7. The third kappa shape index (κ3) is 6.11. The summed E-state index contributed by atoms with van der Waals surface area (Å²) in [4.78, 5) is 62.3. The fourth-order valence-corrected chi connectivity index (χ4v) is 9.42. The third-order valence-electron chi connectivity index (χ3n) is 11.7. The molecule has 1 saturated carbocycles. The van der Waals surface area contributed by atoms with Crippen molar-refractivity contribution < 1.29 is 46.6 Å². The molecule has 0 bridgehead atoms. The topological polar surface area (TPSA) is 120 Å². The second-order valence-electron chi connectivity index (χ2n) is 14.8. The number of hydrogen-bond acceptors (Lipinski definition) is 8. The normalized spacial score (nSPS) is 25.6. The van der Waals surface area contributed by atoms with Crippen LogP contribution in [0, 0.1) is 34.9 Å². The number of carbonyl (C=O) groups excluding carboxylic acids is 4. The Labute approximate surface area is 333 Å². The summed E-state index contributed by atoms with van der Waals surface area (Å²) in [5, 5.41) is 12.8. The van der Waals surface area contributed by atoms with Crippen molar-refractivity contribution in [1.29, 1.82) is 0 Å². The van der Waals surface area contributed by atoms with Crippen molar-refractivity contribution in [2.45, 2.75) is 38.5 Å². The number of aromatic hydroxyl groups is 1. The molecule has 4 aromatic rings. The number of benzene rings is 3. The molecule has 294 valence electrons. The minimum absolute atomic E-state index is 0.00483. The summed E-state index contributed by atoms with van der Waals surface area (Å²) in [7, 11) is 1.21. The second kappa shape index (κ2) is 13.9. The number of allylic oxidation sites excluding steroid dienone is 2. The lowest BCUT2D eigenvalue weighted by Gasteiger charge is -2.49. The number of alkyl halides is 3. The molecule has 1 N–H and O–H groups in total. The van der Waals surface area contributed by atoms with Gasteiger partial charge in [0, 0.05) is 24.6 Å². The SMILES string of the molecule is CN(c1nc(C(F)(F)F)ccc1Cl)N1C(=O)[C@H]2[C@H](CC=C3[C@H]2C[C@H]2C(=O)N(c4ccc(F)c(Cl)c4)C(=O)[C@@]2(C)[C@H]3c2ccc(OCc3ccccc3)cc2O)C1=O. The van der Waals surface area contributed by atoms with Crippen LogP contribution in [0.4, 0.5) is 29.1 Å². The molecule has 2 aliphatic heterocycles. The molecule has 10 nitrogen and oxygen atoms in total. The summed E-state index contributed by atoms with van der Waals surface area (Å²) >= 11 is 12.4. The third-order valence-corrected chi connectivity index (χ3v) is 12.3. The largest absolute Gasteiger partial charge is 0.508 e. The summed E-state index contributed by atoms with van der Waals surface area (Å²) < 4.78 is 61.1. The Kier molecular flexibility index (Phi) is 9.35. The Balaban J connectivity index is 1.20. The highest BCUT2D eigenvalue weighted by Gasteiger charge is 2.68. The van der Waals surface area contributed by atoms with Gasteiger partial charge in [0.2, 0.25) is 11.8 Å². The Hall–Kier alpha value is -5.47.